The van der Waals surface area contributed by atoms with E-state index in [0.29, 0.717) is 51.6 Å². The van der Waals surface area contributed by atoms with Crippen molar-refractivity contribution in [3.63, 3.8) is 0 Å². The number of H-pyrrole nitrogens is 1. The van der Waals surface area contributed by atoms with Crippen LogP contribution in [0.1, 0.15) is 25.3 Å². The first kappa shape index (κ1) is 31.3. The second-order valence-electron chi connectivity index (χ2n) is 11.7. The zero-order valence-corrected chi connectivity index (χ0v) is 27.8. The van der Waals surface area contributed by atoms with E-state index in [2.05, 4.69) is 68.5 Å². The molecular weight excluding hydrogens is 604 g/mol. The number of fused-ring (bicyclic) bond motifs is 2. The zero-order chi connectivity index (χ0) is 32.6. The number of rotatable bonds is 10. The third kappa shape index (κ3) is 6.09. The van der Waals surface area contributed by atoms with Crippen LogP contribution in [0, 0.1) is 0 Å². The van der Waals surface area contributed by atoms with Crippen LogP contribution in [0.25, 0.3) is 22.1 Å². The molecule has 1 aliphatic rings. The Bertz CT molecular complexity index is 1990. The van der Waals surface area contributed by atoms with Gasteiger partial charge in [0.1, 0.15) is 28.4 Å². The number of hydrogen-bond donors (Lipinski definition) is 3. The van der Waals surface area contributed by atoms with Crippen molar-refractivity contribution in [1.82, 2.24) is 29.8 Å². The molecular formula is C32H40N10O3S. The van der Waals surface area contributed by atoms with Crippen molar-refractivity contribution in [3.8, 4) is 5.75 Å². The number of aromatic amines is 1. The third-order valence-electron chi connectivity index (χ3n) is 8.66. The molecule has 4 heterocycles. The molecule has 0 unspecified atom stereocenters. The lowest BCUT2D eigenvalue weighted by Crippen LogP contribution is -2.42. The van der Waals surface area contributed by atoms with Gasteiger partial charge in [-0.15, -0.1) is 0 Å². The highest BCUT2D eigenvalue weighted by Crippen LogP contribution is 2.39. The Labute approximate surface area is 269 Å². The number of hydrogen-bond acceptors (Lipinski definition) is 11. The molecule has 0 atom stereocenters. The third-order valence-corrected chi connectivity index (χ3v) is 9.84. The van der Waals surface area contributed by atoms with Crippen LogP contribution in [0.3, 0.4) is 0 Å². The van der Waals surface area contributed by atoms with Crippen molar-refractivity contribution in [3.05, 3.63) is 54.5 Å². The van der Waals surface area contributed by atoms with Crippen LogP contribution in [0.5, 0.6) is 5.75 Å². The van der Waals surface area contributed by atoms with Gasteiger partial charge in [0.25, 0.3) is 0 Å². The number of nitrogens with one attached hydrogen (secondary N) is 3. The molecule has 5 aromatic rings. The number of methoxy groups -OCH3 is 1. The number of aromatic nitrogens is 5. The molecule has 1 saturated heterocycles. The first-order valence-corrected chi connectivity index (χ1v) is 17.1. The molecule has 46 heavy (non-hydrogen) atoms. The molecule has 0 amide bonds. The van der Waals surface area contributed by atoms with Gasteiger partial charge in [-0.05, 0) is 63.2 Å². The van der Waals surface area contributed by atoms with Gasteiger partial charge in [-0.3, -0.25) is 14.3 Å². The van der Waals surface area contributed by atoms with Crippen LogP contribution in [0.2, 0.25) is 0 Å². The summed E-state index contributed by atoms with van der Waals surface area (Å²) in [5.41, 5.74) is 5.63. The van der Waals surface area contributed by atoms with Gasteiger partial charge in [-0.25, -0.2) is 8.42 Å². The van der Waals surface area contributed by atoms with Crippen LogP contribution >= 0.6 is 0 Å². The smallest absolute Gasteiger partial charge is 0.232 e. The Balaban J connectivity index is 1.37. The van der Waals surface area contributed by atoms with Gasteiger partial charge < -0.3 is 30.2 Å². The lowest BCUT2D eigenvalue weighted by molar-refractivity contribution is 0.249. The summed E-state index contributed by atoms with van der Waals surface area (Å²) in [6, 6.07) is 10.2. The largest absolute Gasteiger partial charge is 0.494 e. The number of ether oxygens (including phenoxy) is 1. The molecule has 242 valence electrons. The maximum atomic E-state index is 12.7. The summed E-state index contributed by atoms with van der Waals surface area (Å²) in [5.74, 6) is 1.52. The van der Waals surface area contributed by atoms with Crippen molar-refractivity contribution in [2.24, 2.45) is 0 Å². The molecule has 0 spiro atoms. The summed E-state index contributed by atoms with van der Waals surface area (Å²) in [6.45, 7) is 4.14. The van der Waals surface area contributed by atoms with Crippen molar-refractivity contribution in [1.29, 1.82) is 0 Å². The Kier molecular flexibility index (Phi) is 8.57. The first-order chi connectivity index (χ1) is 22.1. The van der Waals surface area contributed by atoms with E-state index < -0.39 is 10.0 Å². The molecule has 1 fully saturated rings. The molecule has 13 nitrogen and oxygen atoms in total. The van der Waals surface area contributed by atoms with Gasteiger partial charge in [0.2, 0.25) is 16.0 Å². The van der Waals surface area contributed by atoms with Crippen molar-refractivity contribution in [2.75, 3.05) is 67.4 Å². The van der Waals surface area contributed by atoms with E-state index in [-0.39, 0.29) is 0 Å². The van der Waals surface area contributed by atoms with E-state index in [1.807, 2.05) is 6.07 Å². The molecule has 0 saturated carbocycles. The van der Waals surface area contributed by atoms with Crippen molar-refractivity contribution >= 4 is 66.6 Å². The Hall–Kier alpha value is -4.69. The number of piperidine rings is 1. The molecule has 0 aliphatic carbocycles. The van der Waals surface area contributed by atoms with Crippen LogP contribution in [0.15, 0.2) is 48.9 Å². The van der Waals surface area contributed by atoms with Gasteiger partial charge in [0.15, 0.2) is 0 Å². The van der Waals surface area contributed by atoms with Crippen molar-refractivity contribution in [2.45, 2.75) is 32.2 Å². The lowest BCUT2D eigenvalue weighted by atomic mass is 10.0. The average Bonchev–Trinajstić information content (AvgIpc) is 3.53. The van der Waals surface area contributed by atoms with Gasteiger partial charge in [-0.1, -0.05) is 6.92 Å². The summed E-state index contributed by atoms with van der Waals surface area (Å²) in [6.07, 6.45) is 9.13. The summed E-state index contributed by atoms with van der Waals surface area (Å²) >= 11 is 0. The average molecular weight is 645 g/mol. The predicted octanol–water partition coefficient (Wildman–Crippen LogP) is 4.89. The van der Waals surface area contributed by atoms with Gasteiger partial charge in [0, 0.05) is 56.5 Å². The molecule has 3 N–H and O–H groups in total. The quantitative estimate of drug-likeness (QED) is 0.191. The van der Waals surface area contributed by atoms with Crippen LogP contribution in [-0.2, 0) is 16.4 Å². The van der Waals surface area contributed by atoms with E-state index in [1.54, 1.807) is 31.6 Å². The van der Waals surface area contributed by atoms with Crippen LogP contribution in [-0.4, -0.2) is 91.9 Å². The summed E-state index contributed by atoms with van der Waals surface area (Å²) in [4.78, 5) is 26.3. The van der Waals surface area contributed by atoms with Gasteiger partial charge >= 0.3 is 0 Å². The highest BCUT2D eigenvalue weighted by molar-refractivity contribution is 7.92. The number of nitrogens with zero attached hydrogens (tertiary/aromatic N) is 7. The van der Waals surface area contributed by atoms with E-state index in [4.69, 9.17) is 14.7 Å². The number of anilines is 6. The minimum absolute atomic E-state index is 0.343. The number of aryl methyl sites for hydroxylation is 1. The van der Waals surface area contributed by atoms with E-state index in [0.717, 1.165) is 49.7 Å². The molecule has 6 rings (SSSR count). The Morgan fingerprint density at radius 3 is 2.48 bits per heavy atom. The summed E-state index contributed by atoms with van der Waals surface area (Å²) in [5, 5.41) is 7.48. The van der Waals surface area contributed by atoms with E-state index in [9.17, 15) is 8.42 Å². The fourth-order valence-electron chi connectivity index (χ4n) is 6.03. The minimum atomic E-state index is -3.62. The zero-order valence-electron chi connectivity index (χ0n) is 27.0. The standard InChI is InChI=1S/C32H40N10O3S/c1-7-20-18-25(27(45-5)19-26(20)42-16-11-21(12-17-42)40(2)3)37-32-38-30-22(10-13-35-30)31(39-32)36-24-9-8-23-28(34-15-14-33-23)29(24)41(4)46(6,43)44/h8-10,13-15,18-19,21H,7,11-12,16-17H2,1-6H3,(H3,35,36,37,38,39). The molecule has 0 bridgehead atoms. The van der Waals surface area contributed by atoms with Crippen LogP contribution in [0.4, 0.5) is 34.5 Å². The molecule has 1 aliphatic heterocycles. The Morgan fingerprint density at radius 2 is 1.78 bits per heavy atom. The van der Waals surface area contributed by atoms with E-state index >= 15 is 0 Å². The highest BCUT2D eigenvalue weighted by Gasteiger charge is 2.25. The van der Waals surface area contributed by atoms with Gasteiger partial charge in [-0.2, -0.15) is 9.97 Å². The summed E-state index contributed by atoms with van der Waals surface area (Å²) < 4.78 is 32.4. The fourth-order valence-corrected chi connectivity index (χ4v) is 6.55. The second-order valence-corrected chi connectivity index (χ2v) is 13.7. The van der Waals surface area contributed by atoms with Crippen molar-refractivity contribution < 1.29 is 13.2 Å². The van der Waals surface area contributed by atoms with Gasteiger partial charge in [0.05, 0.1) is 35.6 Å². The lowest BCUT2D eigenvalue weighted by Gasteiger charge is -2.37. The predicted molar refractivity (Wildman–Crippen MR) is 185 cm³/mol. The van der Waals surface area contributed by atoms with Crippen LogP contribution < -0.4 is 24.6 Å². The van der Waals surface area contributed by atoms with E-state index in [1.165, 1.54) is 28.8 Å². The molecule has 14 heteroatoms. The molecule has 0 radical (unpaired) electrons. The molecule has 3 aromatic heterocycles. The normalized spacial score (nSPS) is 14.3. The number of sulfonamides is 1. The monoisotopic (exact) mass is 644 g/mol. The first-order valence-electron chi connectivity index (χ1n) is 15.3. The second kappa shape index (κ2) is 12.6. The summed E-state index contributed by atoms with van der Waals surface area (Å²) in [7, 11) is 3.84. The highest BCUT2D eigenvalue weighted by atomic mass is 32.2. The SMILES string of the molecule is CCc1cc(Nc2nc(Nc3ccc4nccnc4c3N(C)S(C)(=O)=O)c3cc[nH]c3n2)c(OC)cc1N1CCC(N(C)C)CC1. The topological polar surface area (TPSA) is 144 Å². The maximum Gasteiger partial charge on any atom is 0.232 e. The molecule has 2 aromatic carbocycles. The Morgan fingerprint density at radius 1 is 1.02 bits per heavy atom. The minimum Gasteiger partial charge on any atom is -0.494 e. The fraction of sp³-hybridized carbons (Fsp3) is 0.375. The maximum absolute atomic E-state index is 12.7. The number of benzene rings is 2.